The SMILES string of the molecule is N#CC(C#N)=C(C#N)Nc1cccc(Br)c1S. The van der Waals surface area contributed by atoms with Crippen molar-refractivity contribution in [3.05, 3.63) is 33.9 Å². The third-order valence-electron chi connectivity index (χ3n) is 1.83. The molecular weight excluding hydrogens is 300 g/mol. The first-order chi connectivity index (χ1) is 8.13. The lowest BCUT2D eigenvalue weighted by atomic mass is 10.2. The van der Waals surface area contributed by atoms with E-state index in [1.165, 1.54) is 0 Å². The van der Waals surface area contributed by atoms with Crippen LogP contribution in [0.3, 0.4) is 0 Å². The van der Waals surface area contributed by atoms with Crippen LogP contribution in [0.25, 0.3) is 0 Å². The zero-order valence-corrected chi connectivity index (χ0v) is 10.9. The first-order valence-electron chi connectivity index (χ1n) is 4.33. The van der Waals surface area contributed by atoms with Crippen LogP contribution in [0, 0.1) is 34.0 Å². The second-order valence-electron chi connectivity index (χ2n) is 2.85. The van der Waals surface area contributed by atoms with Crippen molar-refractivity contribution in [2.75, 3.05) is 5.32 Å². The third-order valence-corrected chi connectivity index (χ3v) is 3.28. The van der Waals surface area contributed by atoms with Gasteiger partial charge in [-0.2, -0.15) is 15.8 Å². The molecule has 0 aromatic heterocycles. The summed E-state index contributed by atoms with van der Waals surface area (Å²) >= 11 is 7.53. The molecule has 17 heavy (non-hydrogen) atoms. The Balaban J connectivity index is 3.21. The number of benzene rings is 1. The number of thiol groups is 1. The molecule has 0 saturated heterocycles. The second kappa shape index (κ2) is 5.96. The van der Waals surface area contributed by atoms with Crippen molar-refractivity contribution >= 4 is 34.2 Å². The number of allylic oxidation sites excluding steroid dienone is 2. The van der Waals surface area contributed by atoms with Crippen molar-refractivity contribution in [1.29, 1.82) is 15.8 Å². The molecule has 0 amide bonds. The predicted molar refractivity (Wildman–Crippen MR) is 68.9 cm³/mol. The molecule has 0 unspecified atom stereocenters. The van der Waals surface area contributed by atoms with Gasteiger partial charge in [-0.1, -0.05) is 6.07 Å². The van der Waals surface area contributed by atoms with Crippen LogP contribution in [0.15, 0.2) is 38.8 Å². The Morgan fingerprint density at radius 3 is 2.35 bits per heavy atom. The Hall–Kier alpha value is -1.94. The van der Waals surface area contributed by atoms with Crippen LogP contribution >= 0.6 is 28.6 Å². The second-order valence-corrected chi connectivity index (χ2v) is 4.15. The largest absolute Gasteiger partial charge is 0.344 e. The van der Waals surface area contributed by atoms with Gasteiger partial charge < -0.3 is 5.32 Å². The van der Waals surface area contributed by atoms with Crippen LogP contribution in [0.2, 0.25) is 0 Å². The van der Waals surface area contributed by atoms with E-state index in [1.54, 1.807) is 36.4 Å². The van der Waals surface area contributed by atoms with E-state index in [4.69, 9.17) is 15.8 Å². The monoisotopic (exact) mass is 304 g/mol. The maximum absolute atomic E-state index is 8.87. The molecule has 1 N–H and O–H groups in total. The summed E-state index contributed by atoms with van der Waals surface area (Å²) < 4.78 is 0.749. The van der Waals surface area contributed by atoms with Gasteiger partial charge in [-0.15, -0.1) is 12.6 Å². The number of rotatable bonds is 2. The summed E-state index contributed by atoms with van der Waals surface area (Å²) in [6.45, 7) is 0. The van der Waals surface area contributed by atoms with Gasteiger partial charge in [0.25, 0.3) is 0 Å². The molecule has 0 heterocycles. The molecule has 0 aliphatic rings. The Morgan fingerprint density at radius 2 is 1.82 bits per heavy atom. The van der Waals surface area contributed by atoms with Crippen molar-refractivity contribution in [2.24, 2.45) is 0 Å². The molecule has 1 aromatic rings. The van der Waals surface area contributed by atoms with E-state index < -0.39 is 0 Å². The summed E-state index contributed by atoms with van der Waals surface area (Å²) in [5.74, 6) is 0. The molecule has 0 atom stereocenters. The summed E-state index contributed by atoms with van der Waals surface area (Å²) in [4.78, 5) is 0.593. The first kappa shape index (κ1) is 13.1. The molecule has 0 spiro atoms. The highest BCUT2D eigenvalue weighted by molar-refractivity contribution is 9.10. The van der Waals surface area contributed by atoms with Crippen molar-refractivity contribution in [3.8, 4) is 18.2 Å². The van der Waals surface area contributed by atoms with Gasteiger partial charge in [0, 0.05) is 9.37 Å². The Morgan fingerprint density at radius 1 is 1.18 bits per heavy atom. The predicted octanol–water partition coefficient (Wildman–Crippen LogP) is 2.97. The van der Waals surface area contributed by atoms with E-state index in [9.17, 15) is 0 Å². The van der Waals surface area contributed by atoms with Gasteiger partial charge in [0.1, 0.15) is 23.9 Å². The van der Waals surface area contributed by atoms with Gasteiger partial charge in [0.05, 0.1) is 5.69 Å². The van der Waals surface area contributed by atoms with Crippen molar-refractivity contribution in [1.82, 2.24) is 0 Å². The number of anilines is 1. The minimum absolute atomic E-state index is 0.0941. The molecule has 0 bridgehead atoms. The number of nitrogens with zero attached hydrogens (tertiary/aromatic N) is 3. The average Bonchev–Trinajstić information content (AvgIpc) is 2.34. The first-order valence-corrected chi connectivity index (χ1v) is 5.57. The van der Waals surface area contributed by atoms with E-state index in [1.807, 2.05) is 0 Å². The minimum atomic E-state index is -0.264. The van der Waals surface area contributed by atoms with Gasteiger partial charge in [-0.3, -0.25) is 0 Å². The van der Waals surface area contributed by atoms with Gasteiger partial charge in [-0.05, 0) is 28.1 Å². The fourth-order valence-electron chi connectivity index (χ4n) is 1.03. The normalized spacial score (nSPS) is 8.41. The zero-order valence-electron chi connectivity index (χ0n) is 8.40. The molecule has 1 aromatic carbocycles. The smallest absolute Gasteiger partial charge is 0.163 e. The zero-order chi connectivity index (χ0) is 12.8. The van der Waals surface area contributed by atoms with Crippen LogP contribution in [0.4, 0.5) is 5.69 Å². The molecule has 0 fully saturated rings. The maximum atomic E-state index is 8.87. The number of halogens is 1. The molecule has 4 nitrogen and oxygen atoms in total. The molecule has 1 rings (SSSR count). The number of nitriles is 3. The van der Waals surface area contributed by atoms with E-state index in [0.29, 0.717) is 10.6 Å². The molecular formula is C11H5BrN4S. The highest BCUT2D eigenvalue weighted by atomic mass is 79.9. The average molecular weight is 305 g/mol. The van der Waals surface area contributed by atoms with E-state index in [0.717, 1.165) is 4.47 Å². The highest BCUT2D eigenvalue weighted by Gasteiger charge is 2.08. The molecule has 82 valence electrons. The van der Waals surface area contributed by atoms with Gasteiger partial charge >= 0.3 is 0 Å². The van der Waals surface area contributed by atoms with Crippen LogP contribution in [-0.2, 0) is 0 Å². The standard InChI is InChI=1S/C11H5BrN4S/c12-8-2-1-3-9(11(8)17)16-10(6-15)7(4-13)5-14/h1-3,16-17H. The molecule has 0 saturated carbocycles. The third kappa shape index (κ3) is 3.01. The van der Waals surface area contributed by atoms with E-state index >= 15 is 0 Å². The van der Waals surface area contributed by atoms with Crippen LogP contribution < -0.4 is 5.32 Å². The van der Waals surface area contributed by atoms with E-state index in [2.05, 4.69) is 33.9 Å². The summed E-state index contributed by atoms with van der Waals surface area (Å²) in [6.07, 6.45) is 0. The van der Waals surface area contributed by atoms with E-state index in [-0.39, 0.29) is 11.3 Å². The lowest BCUT2D eigenvalue weighted by molar-refractivity contribution is 1.32. The van der Waals surface area contributed by atoms with Gasteiger partial charge in [-0.25, -0.2) is 0 Å². The summed E-state index contributed by atoms with van der Waals surface area (Å²) in [5, 5.41) is 28.9. The Bertz CT molecular complexity index is 585. The lowest BCUT2D eigenvalue weighted by Gasteiger charge is -2.08. The molecule has 0 radical (unpaired) electrons. The van der Waals surface area contributed by atoms with Crippen LogP contribution in [0.5, 0.6) is 0 Å². The summed E-state index contributed by atoms with van der Waals surface area (Å²) in [6, 6.07) is 10.3. The highest BCUT2D eigenvalue weighted by Crippen LogP contribution is 2.29. The van der Waals surface area contributed by atoms with Gasteiger partial charge in [0.15, 0.2) is 5.57 Å². The van der Waals surface area contributed by atoms with Crippen molar-refractivity contribution < 1.29 is 0 Å². The molecule has 0 aliphatic carbocycles. The topological polar surface area (TPSA) is 83.4 Å². The Kier molecular flexibility index (Phi) is 4.60. The van der Waals surface area contributed by atoms with Crippen LogP contribution in [-0.4, -0.2) is 0 Å². The summed E-state index contributed by atoms with van der Waals surface area (Å²) in [5.41, 5.74) is 0.186. The molecule has 0 aliphatic heterocycles. The van der Waals surface area contributed by atoms with Crippen molar-refractivity contribution in [3.63, 3.8) is 0 Å². The Labute approximate surface area is 112 Å². The lowest BCUT2D eigenvalue weighted by Crippen LogP contribution is -2.01. The fraction of sp³-hybridized carbons (Fsp3) is 0. The summed E-state index contributed by atoms with van der Waals surface area (Å²) in [7, 11) is 0. The fourth-order valence-corrected chi connectivity index (χ4v) is 1.61. The van der Waals surface area contributed by atoms with Gasteiger partial charge in [0.2, 0.25) is 0 Å². The maximum Gasteiger partial charge on any atom is 0.163 e. The molecule has 6 heteroatoms. The van der Waals surface area contributed by atoms with Crippen molar-refractivity contribution in [2.45, 2.75) is 4.90 Å². The number of nitrogens with one attached hydrogen (secondary N) is 1. The minimum Gasteiger partial charge on any atom is -0.344 e. The van der Waals surface area contributed by atoms with Crippen LogP contribution in [0.1, 0.15) is 0 Å². The number of hydrogen-bond acceptors (Lipinski definition) is 5. The number of hydrogen-bond donors (Lipinski definition) is 2. The quantitative estimate of drug-likeness (QED) is 0.650.